The Bertz CT molecular complexity index is 1680. The van der Waals surface area contributed by atoms with E-state index >= 15 is 4.39 Å². The number of carbonyl (C=O) groups is 3. The Labute approximate surface area is 253 Å². The van der Waals surface area contributed by atoms with Crippen LogP contribution in [-0.4, -0.2) is 41.8 Å². The van der Waals surface area contributed by atoms with Gasteiger partial charge in [-0.1, -0.05) is 18.2 Å². The van der Waals surface area contributed by atoms with E-state index in [1.54, 1.807) is 42.5 Å². The number of piperidine rings is 2. The molecule has 3 aromatic carbocycles. The fourth-order valence-corrected chi connectivity index (χ4v) is 6.34. The Kier molecular flexibility index (Phi) is 8.01. The third kappa shape index (κ3) is 5.61. The molecule has 3 N–H and O–H groups in total. The van der Waals surface area contributed by atoms with Crippen molar-refractivity contribution in [1.29, 1.82) is 5.26 Å². The number of nitrogens with one attached hydrogen (secondary N) is 1. The molecule has 6 rings (SSSR count). The van der Waals surface area contributed by atoms with E-state index in [0.717, 1.165) is 0 Å². The molecule has 44 heavy (non-hydrogen) atoms. The molecule has 0 saturated carbocycles. The number of nitrogens with zero attached hydrogens (tertiary/aromatic N) is 3. The van der Waals surface area contributed by atoms with Crippen LogP contribution in [0.5, 0.6) is 5.75 Å². The number of nitrogens with two attached hydrogens (primary N) is 1. The molecule has 2 saturated heterocycles. The molecule has 3 heterocycles. The number of anilines is 1. The molecule has 0 unspecified atom stereocenters. The summed E-state index contributed by atoms with van der Waals surface area (Å²) in [6, 6.07) is 15.2. The molecule has 2 fully saturated rings. The average Bonchev–Trinajstić information content (AvgIpc) is 3.36. The first-order chi connectivity index (χ1) is 21.2. The van der Waals surface area contributed by atoms with Crippen molar-refractivity contribution in [3.63, 3.8) is 0 Å². The Morgan fingerprint density at radius 3 is 2.52 bits per heavy atom. The smallest absolute Gasteiger partial charge is 0.255 e. The molecule has 0 bridgehead atoms. The number of imide groups is 1. The predicted molar refractivity (Wildman–Crippen MR) is 156 cm³/mol. The van der Waals surface area contributed by atoms with Gasteiger partial charge in [-0.2, -0.15) is 5.26 Å². The van der Waals surface area contributed by atoms with Crippen molar-refractivity contribution in [3.8, 4) is 11.8 Å². The topological polar surface area (TPSA) is 129 Å². The minimum atomic E-state index is -0.737. The molecule has 0 spiro atoms. The lowest BCUT2D eigenvalue weighted by molar-refractivity contribution is -0.136. The molecule has 3 aliphatic heterocycles. The van der Waals surface area contributed by atoms with Gasteiger partial charge in [-0.3, -0.25) is 19.7 Å². The van der Waals surface area contributed by atoms with Crippen molar-refractivity contribution >= 4 is 23.4 Å². The highest BCUT2D eigenvalue weighted by molar-refractivity contribution is 6.05. The van der Waals surface area contributed by atoms with Gasteiger partial charge < -0.3 is 20.3 Å². The number of benzene rings is 3. The van der Waals surface area contributed by atoms with Crippen molar-refractivity contribution in [1.82, 2.24) is 10.2 Å². The van der Waals surface area contributed by atoms with Crippen LogP contribution in [0.3, 0.4) is 0 Å². The predicted octanol–water partition coefficient (Wildman–Crippen LogP) is 4.09. The van der Waals surface area contributed by atoms with Gasteiger partial charge in [-0.15, -0.1) is 0 Å². The van der Waals surface area contributed by atoms with E-state index < -0.39 is 29.6 Å². The van der Waals surface area contributed by atoms with Crippen LogP contribution < -0.4 is 20.7 Å². The second-order valence-corrected chi connectivity index (χ2v) is 11.4. The summed E-state index contributed by atoms with van der Waals surface area (Å²) in [5.41, 5.74) is 9.33. The zero-order valence-corrected chi connectivity index (χ0v) is 23.9. The molecule has 0 aliphatic carbocycles. The third-order valence-electron chi connectivity index (χ3n) is 8.85. The number of amides is 3. The molecule has 2 atom stereocenters. The SMILES string of the molecule is N#Cc1ccc(N2CCC([C@@H](N)c3ccc(COc4cccc5c4CN([C@H]4CCC(=O)NC4=O)C5=O)c(F)c3)CC2)c(F)c1. The second kappa shape index (κ2) is 12.1. The molecule has 0 aromatic heterocycles. The maximum absolute atomic E-state index is 15.2. The zero-order chi connectivity index (χ0) is 31.0. The number of hydrogen-bond acceptors (Lipinski definition) is 7. The Hall–Kier alpha value is -4.82. The minimum Gasteiger partial charge on any atom is -0.488 e. The summed E-state index contributed by atoms with van der Waals surface area (Å²) in [4.78, 5) is 40.4. The van der Waals surface area contributed by atoms with Crippen LogP contribution in [0.1, 0.15) is 64.3 Å². The van der Waals surface area contributed by atoms with E-state index in [1.807, 2.05) is 11.0 Å². The van der Waals surface area contributed by atoms with Gasteiger partial charge >= 0.3 is 0 Å². The maximum Gasteiger partial charge on any atom is 0.255 e. The van der Waals surface area contributed by atoms with Gasteiger partial charge in [0.15, 0.2) is 0 Å². The van der Waals surface area contributed by atoms with Crippen LogP contribution in [-0.2, 0) is 22.7 Å². The molecule has 3 aromatic rings. The van der Waals surface area contributed by atoms with Crippen molar-refractivity contribution in [3.05, 3.63) is 94.0 Å². The van der Waals surface area contributed by atoms with Gasteiger partial charge in [-0.25, -0.2) is 8.78 Å². The molecule has 0 radical (unpaired) electrons. The number of nitriles is 1. The van der Waals surface area contributed by atoms with Gasteiger partial charge in [0.25, 0.3) is 5.91 Å². The van der Waals surface area contributed by atoms with Crippen molar-refractivity contribution < 1.29 is 27.9 Å². The first kappa shape index (κ1) is 29.3. The fourth-order valence-electron chi connectivity index (χ4n) is 6.34. The Morgan fingerprint density at radius 2 is 1.82 bits per heavy atom. The highest BCUT2D eigenvalue weighted by Crippen LogP contribution is 2.35. The number of carbonyl (C=O) groups excluding carboxylic acids is 3. The Morgan fingerprint density at radius 1 is 1.02 bits per heavy atom. The second-order valence-electron chi connectivity index (χ2n) is 11.4. The quantitative estimate of drug-likeness (QED) is 0.392. The highest BCUT2D eigenvalue weighted by Gasteiger charge is 2.40. The van der Waals surface area contributed by atoms with Gasteiger partial charge in [0.2, 0.25) is 11.8 Å². The van der Waals surface area contributed by atoms with E-state index in [9.17, 15) is 18.8 Å². The summed E-state index contributed by atoms with van der Waals surface area (Å²) in [7, 11) is 0. The summed E-state index contributed by atoms with van der Waals surface area (Å²) in [6.45, 7) is 1.28. The van der Waals surface area contributed by atoms with Crippen LogP contribution >= 0.6 is 0 Å². The molecule has 3 aliphatic rings. The number of hydrogen-bond donors (Lipinski definition) is 2. The monoisotopic (exact) mass is 599 g/mol. The standard InChI is InChI=1S/C33H31F2N5O4/c34-25-15-21(31(37)20-10-12-39(13-11-20)27-7-4-19(16-36)14-26(27)35)5-6-22(25)18-44-29-3-1-2-23-24(29)17-40(33(23)43)28-8-9-30(41)38-32(28)42/h1-7,14-15,20,28,31H,8-13,17-18,37H2,(H,38,41,42)/t28-,31+/m0/s1. The van der Waals surface area contributed by atoms with E-state index in [0.29, 0.717) is 59.6 Å². The normalized spacial score (nSPS) is 19.4. The van der Waals surface area contributed by atoms with E-state index in [-0.39, 0.29) is 49.3 Å². The molecule has 3 amide bonds. The first-order valence-electron chi connectivity index (χ1n) is 14.6. The average molecular weight is 600 g/mol. The van der Waals surface area contributed by atoms with E-state index in [2.05, 4.69) is 5.32 Å². The lowest BCUT2D eigenvalue weighted by atomic mass is 9.85. The van der Waals surface area contributed by atoms with Gasteiger partial charge in [0, 0.05) is 42.2 Å². The number of fused-ring (bicyclic) bond motifs is 1. The molecule has 226 valence electrons. The minimum absolute atomic E-state index is 0.0705. The molecular weight excluding hydrogens is 568 g/mol. The summed E-state index contributed by atoms with van der Waals surface area (Å²) in [5.74, 6) is -1.51. The largest absolute Gasteiger partial charge is 0.488 e. The highest BCUT2D eigenvalue weighted by atomic mass is 19.1. The summed E-state index contributed by atoms with van der Waals surface area (Å²) in [5, 5.41) is 11.3. The summed E-state index contributed by atoms with van der Waals surface area (Å²) < 4.78 is 35.7. The van der Waals surface area contributed by atoms with Gasteiger partial charge in [0.1, 0.15) is 30.0 Å². The van der Waals surface area contributed by atoms with Crippen molar-refractivity contribution in [2.75, 3.05) is 18.0 Å². The van der Waals surface area contributed by atoms with E-state index in [1.165, 1.54) is 17.0 Å². The van der Waals surface area contributed by atoms with Crippen LogP contribution in [0.25, 0.3) is 0 Å². The number of ether oxygens (including phenoxy) is 1. The molecule has 11 heteroatoms. The maximum atomic E-state index is 15.2. The lowest BCUT2D eigenvalue weighted by Crippen LogP contribution is -2.52. The molecular formula is C33H31F2N5O4. The summed E-state index contributed by atoms with van der Waals surface area (Å²) >= 11 is 0. The zero-order valence-electron chi connectivity index (χ0n) is 23.9. The van der Waals surface area contributed by atoms with Crippen LogP contribution in [0, 0.1) is 28.9 Å². The molecule has 9 nitrogen and oxygen atoms in total. The van der Waals surface area contributed by atoms with E-state index in [4.69, 9.17) is 15.7 Å². The Balaban J connectivity index is 1.08. The number of halogens is 2. The van der Waals surface area contributed by atoms with Crippen molar-refractivity contribution in [2.45, 2.75) is 50.9 Å². The van der Waals surface area contributed by atoms with Crippen LogP contribution in [0.15, 0.2) is 54.6 Å². The first-order valence-corrected chi connectivity index (χ1v) is 14.6. The third-order valence-corrected chi connectivity index (χ3v) is 8.85. The summed E-state index contributed by atoms with van der Waals surface area (Å²) in [6.07, 6.45) is 1.84. The van der Waals surface area contributed by atoms with Gasteiger partial charge in [0.05, 0.1) is 23.9 Å². The van der Waals surface area contributed by atoms with Gasteiger partial charge in [-0.05, 0) is 67.1 Å². The van der Waals surface area contributed by atoms with Crippen LogP contribution in [0.4, 0.5) is 14.5 Å². The van der Waals surface area contributed by atoms with Crippen molar-refractivity contribution in [2.24, 2.45) is 11.7 Å². The fraction of sp³-hybridized carbons (Fsp3) is 0.333. The lowest BCUT2D eigenvalue weighted by Gasteiger charge is -2.36. The number of rotatable bonds is 7. The van der Waals surface area contributed by atoms with Crippen LogP contribution in [0.2, 0.25) is 0 Å².